The molecule has 120 valence electrons. The summed E-state index contributed by atoms with van der Waals surface area (Å²) in [6, 6.07) is 12.6. The van der Waals surface area contributed by atoms with Gasteiger partial charge in [0.25, 0.3) is 0 Å². The van der Waals surface area contributed by atoms with E-state index in [9.17, 15) is 9.18 Å². The second-order valence-electron chi connectivity index (χ2n) is 5.36. The van der Waals surface area contributed by atoms with E-state index in [0.29, 0.717) is 18.0 Å². The molecule has 0 aliphatic carbocycles. The predicted molar refractivity (Wildman–Crippen MR) is 90.8 cm³/mol. The van der Waals surface area contributed by atoms with Crippen molar-refractivity contribution in [3.8, 4) is 5.75 Å². The Labute approximate surface area is 139 Å². The van der Waals surface area contributed by atoms with Crippen LogP contribution in [0.25, 0.3) is 0 Å². The summed E-state index contributed by atoms with van der Waals surface area (Å²) in [5.41, 5.74) is 1.37. The number of carbonyl (C=O) groups is 1. The Morgan fingerprint density at radius 2 is 2.04 bits per heavy atom. The highest BCUT2D eigenvalue weighted by Crippen LogP contribution is 2.31. The van der Waals surface area contributed by atoms with Gasteiger partial charge < -0.3 is 9.64 Å². The first-order valence-electron chi connectivity index (χ1n) is 7.53. The Morgan fingerprint density at radius 3 is 2.78 bits per heavy atom. The number of hydrogen-bond donors (Lipinski definition) is 0. The molecule has 0 radical (unpaired) electrons. The zero-order valence-electron chi connectivity index (χ0n) is 12.9. The first-order valence-corrected chi connectivity index (χ1v) is 8.52. The van der Waals surface area contributed by atoms with Gasteiger partial charge in [0.15, 0.2) is 0 Å². The number of para-hydroxylation sites is 1. The van der Waals surface area contributed by atoms with Crippen molar-refractivity contribution in [2.24, 2.45) is 0 Å². The van der Waals surface area contributed by atoms with Gasteiger partial charge in [-0.1, -0.05) is 12.1 Å². The highest BCUT2D eigenvalue weighted by Gasteiger charge is 2.25. The molecule has 0 fully saturated rings. The fourth-order valence-electron chi connectivity index (χ4n) is 2.75. The van der Waals surface area contributed by atoms with E-state index >= 15 is 0 Å². The van der Waals surface area contributed by atoms with Gasteiger partial charge in [-0.05, 0) is 48.7 Å². The second kappa shape index (κ2) is 7.04. The van der Waals surface area contributed by atoms with E-state index in [2.05, 4.69) is 0 Å². The quantitative estimate of drug-likeness (QED) is 0.796. The smallest absolute Gasteiger partial charge is 0.237 e. The molecule has 0 atom stereocenters. The molecule has 2 aromatic carbocycles. The number of aryl methyl sites for hydroxylation is 1. The number of rotatable bonds is 4. The lowest BCUT2D eigenvalue weighted by Crippen LogP contribution is -2.37. The lowest BCUT2D eigenvalue weighted by atomic mass is 10.0. The molecule has 0 unspecified atom stereocenters. The summed E-state index contributed by atoms with van der Waals surface area (Å²) in [6.07, 6.45) is 1.69. The lowest BCUT2D eigenvalue weighted by Gasteiger charge is -2.29. The van der Waals surface area contributed by atoms with E-state index in [4.69, 9.17) is 4.74 Å². The first kappa shape index (κ1) is 15.9. The van der Waals surface area contributed by atoms with Crippen molar-refractivity contribution in [3.63, 3.8) is 0 Å². The number of thioether (sulfide) groups is 1. The summed E-state index contributed by atoms with van der Waals surface area (Å²) >= 11 is 1.45. The molecule has 5 heteroatoms. The largest absolute Gasteiger partial charge is 0.497 e. The Hall–Kier alpha value is -2.01. The van der Waals surface area contributed by atoms with E-state index in [1.165, 1.54) is 17.8 Å². The maximum Gasteiger partial charge on any atom is 0.237 e. The normalized spacial score (nSPS) is 13.6. The number of nitrogens with zero attached hydrogens (tertiary/aromatic N) is 1. The van der Waals surface area contributed by atoms with Crippen molar-refractivity contribution in [1.82, 2.24) is 0 Å². The van der Waals surface area contributed by atoms with E-state index in [-0.39, 0.29) is 11.7 Å². The van der Waals surface area contributed by atoms with Crippen molar-refractivity contribution < 1.29 is 13.9 Å². The van der Waals surface area contributed by atoms with Gasteiger partial charge in [0.1, 0.15) is 11.6 Å². The van der Waals surface area contributed by atoms with Crippen LogP contribution in [0.4, 0.5) is 10.1 Å². The van der Waals surface area contributed by atoms with Crippen molar-refractivity contribution >= 4 is 23.4 Å². The third-order valence-electron chi connectivity index (χ3n) is 3.89. The summed E-state index contributed by atoms with van der Waals surface area (Å²) in [6.45, 7) is 0.579. The molecule has 23 heavy (non-hydrogen) atoms. The fourth-order valence-corrected chi connectivity index (χ4v) is 3.52. The first-order chi connectivity index (χ1) is 11.2. The molecule has 0 bridgehead atoms. The third kappa shape index (κ3) is 3.50. The second-order valence-corrected chi connectivity index (χ2v) is 6.41. The number of amides is 1. The van der Waals surface area contributed by atoms with E-state index in [0.717, 1.165) is 29.1 Å². The predicted octanol–water partition coefficient (Wildman–Crippen LogP) is 3.91. The van der Waals surface area contributed by atoms with E-state index < -0.39 is 0 Å². The van der Waals surface area contributed by atoms with Gasteiger partial charge in [0, 0.05) is 11.4 Å². The van der Waals surface area contributed by atoms with Gasteiger partial charge in [-0.2, -0.15) is 0 Å². The van der Waals surface area contributed by atoms with Crippen LogP contribution >= 0.6 is 11.8 Å². The Morgan fingerprint density at radius 1 is 1.26 bits per heavy atom. The maximum atomic E-state index is 14.1. The molecular formula is C18H18FNO2S. The van der Waals surface area contributed by atoms with Gasteiger partial charge in [-0.15, -0.1) is 11.8 Å². The van der Waals surface area contributed by atoms with Gasteiger partial charge >= 0.3 is 0 Å². The van der Waals surface area contributed by atoms with Crippen LogP contribution in [0.15, 0.2) is 47.4 Å². The molecule has 0 saturated heterocycles. The Bertz CT molecular complexity index is 703. The molecule has 2 aromatic rings. The zero-order valence-corrected chi connectivity index (χ0v) is 13.7. The van der Waals surface area contributed by atoms with Crippen molar-refractivity contribution in [2.45, 2.75) is 17.7 Å². The third-order valence-corrected chi connectivity index (χ3v) is 4.89. The molecule has 3 rings (SSSR count). The van der Waals surface area contributed by atoms with Crippen LogP contribution in [0.1, 0.15) is 12.0 Å². The van der Waals surface area contributed by atoms with E-state index in [1.54, 1.807) is 18.1 Å². The molecule has 0 saturated carbocycles. The monoisotopic (exact) mass is 331 g/mol. The summed E-state index contributed by atoms with van der Waals surface area (Å²) in [4.78, 5) is 15.1. The number of carbonyl (C=O) groups excluding carboxylic acids is 1. The van der Waals surface area contributed by atoms with Crippen LogP contribution < -0.4 is 9.64 Å². The average Bonchev–Trinajstić information content (AvgIpc) is 2.60. The Balaban J connectivity index is 1.69. The highest BCUT2D eigenvalue weighted by atomic mass is 32.2. The number of benzene rings is 2. The van der Waals surface area contributed by atoms with Crippen molar-refractivity contribution in [3.05, 3.63) is 53.8 Å². The standard InChI is InChI=1S/C18H18FNO2S/c1-22-14-7-9-15(10-8-14)23-12-17(21)20-11-3-5-13-4-2-6-16(19)18(13)20/h2,4,6-10H,3,5,11-12H2,1H3. The van der Waals surface area contributed by atoms with Crippen LogP contribution in [0.3, 0.4) is 0 Å². The molecule has 1 amide bonds. The number of halogens is 1. The van der Waals surface area contributed by atoms with Gasteiger partial charge in [0.05, 0.1) is 18.6 Å². The topological polar surface area (TPSA) is 29.5 Å². The van der Waals surface area contributed by atoms with Gasteiger partial charge in [-0.25, -0.2) is 4.39 Å². The van der Waals surface area contributed by atoms with Crippen LogP contribution in [0.5, 0.6) is 5.75 Å². The molecule has 3 nitrogen and oxygen atoms in total. The fraction of sp³-hybridized carbons (Fsp3) is 0.278. The average molecular weight is 331 g/mol. The number of methoxy groups -OCH3 is 1. The lowest BCUT2D eigenvalue weighted by molar-refractivity contribution is -0.116. The molecule has 1 aliphatic rings. The van der Waals surface area contributed by atoms with Gasteiger partial charge in [-0.3, -0.25) is 4.79 Å². The molecule has 1 aliphatic heterocycles. The SMILES string of the molecule is COc1ccc(SCC(=O)N2CCCc3cccc(F)c32)cc1. The molecule has 0 N–H and O–H groups in total. The zero-order chi connectivity index (χ0) is 16.2. The van der Waals surface area contributed by atoms with Crippen molar-refractivity contribution in [1.29, 1.82) is 0 Å². The molecule has 1 heterocycles. The summed E-state index contributed by atoms with van der Waals surface area (Å²) in [5, 5.41) is 0. The Kier molecular flexibility index (Phi) is 4.86. The van der Waals surface area contributed by atoms with Crippen LogP contribution in [0, 0.1) is 5.82 Å². The minimum absolute atomic E-state index is 0.0585. The molecular weight excluding hydrogens is 313 g/mol. The number of anilines is 1. The molecule has 0 spiro atoms. The summed E-state index contributed by atoms with van der Waals surface area (Å²) in [7, 11) is 1.62. The number of hydrogen-bond acceptors (Lipinski definition) is 3. The number of fused-ring (bicyclic) bond motifs is 1. The van der Waals surface area contributed by atoms with Crippen LogP contribution in [-0.4, -0.2) is 25.3 Å². The van der Waals surface area contributed by atoms with Crippen molar-refractivity contribution in [2.75, 3.05) is 24.3 Å². The highest BCUT2D eigenvalue weighted by molar-refractivity contribution is 8.00. The summed E-state index contributed by atoms with van der Waals surface area (Å²) in [5.74, 6) is 0.703. The number of ether oxygens (including phenoxy) is 1. The van der Waals surface area contributed by atoms with Gasteiger partial charge in [0.2, 0.25) is 5.91 Å². The maximum absolute atomic E-state index is 14.1. The van der Waals surface area contributed by atoms with Crippen LogP contribution in [0.2, 0.25) is 0 Å². The minimum atomic E-state index is -0.315. The molecule has 0 aromatic heterocycles. The summed E-state index contributed by atoms with van der Waals surface area (Å²) < 4.78 is 19.2. The minimum Gasteiger partial charge on any atom is -0.497 e. The van der Waals surface area contributed by atoms with E-state index in [1.807, 2.05) is 30.3 Å². The van der Waals surface area contributed by atoms with Crippen LogP contribution in [-0.2, 0) is 11.2 Å².